The van der Waals surface area contributed by atoms with Crippen molar-refractivity contribution in [1.29, 1.82) is 0 Å². The lowest BCUT2D eigenvalue weighted by molar-refractivity contribution is 0.685. The number of hydrogen-bond donors (Lipinski definition) is 2. The Labute approximate surface area is 330 Å². The van der Waals surface area contributed by atoms with Crippen molar-refractivity contribution in [2.24, 2.45) is 0 Å². The smallest absolute Gasteiger partial charge is 0.0340 e. The maximum atomic E-state index is 5.63. The summed E-state index contributed by atoms with van der Waals surface area (Å²) in [4.78, 5) is 0. The summed E-state index contributed by atoms with van der Waals surface area (Å²) in [5.41, 5.74) is 23.3. The van der Waals surface area contributed by atoms with Gasteiger partial charge in [-0.15, -0.1) is 0 Å². The van der Waals surface area contributed by atoms with Crippen LogP contribution < -0.4 is 11.1 Å². The number of hydrogen-bond acceptors (Lipinski definition) is 2. The minimum absolute atomic E-state index is 0.903. The second kappa shape index (κ2) is 22.4. The highest BCUT2D eigenvalue weighted by molar-refractivity contribution is 9.08. The van der Waals surface area contributed by atoms with Gasteiger partial charge in [-0.05, 0) is 201 Å². The Morgan fingerprint density at radius 1 is 0.358 bits per heavy atom. The zero-order valence-electron chi connectivity index (χ0n) is 32.6. The molecular formula is C50H63BrN2. The molecule has 0 saturated heterocycles. The summed E-state index contributed by atoms with van der Waals surface area (Å²) in [7, 11) is 1.97. The Morgan fingerprint density at radius 3 is 1.00 bits per heavy atom. The molecule has 0 aromatic heterocycles. The monoisotopic (exact) mass is 770 g/mol. The molecule has 5 aliphatic rings. The van der Waals surface area contributed by atoms with Crippen molar-refractivity contribution in [2.45, 2.75) is 116 Å². The van der Waals surface area contributed by atoms with E-state index in [1.807, 2.05) is 18.9 Å². The predicted octanol–water partition coefficient (Wildman–Crippen LogP) is 12.7. The third-order valence-corrected chi connectivity index (χ3v) is 11.3. The van der Waals surface area contributed by atoms with Crippen LogP contribution in [-0.4, -0.2) is 12.9 Å². The number of rotatable bonds is 1. The molecule has 0 unspecified atom stereocenters. The van der Waals surface area contributed by atoms with Crippen LogP contribution in [0.25, 0.3) is 0 Å². The van der Waals surface area contributed by atoms with E-state index in [2.05, 4.69) is 124 Å². The van der Waals surface area contributed by atoms with Gasteiger partial charge in [0, 0.05) is 18.4 Å². The van der Waals surface area contributed by atoms with Crippen molar-refractivity contribution in [3.8, 4) is 0 Å². The van der Waals surface area contributed by atoms with Crippen LogP contribution in [0.1, 0.15) is 107 Å². The lowest BCUT2D eigenvalue weighted by Gasteiger charge is -2.13. The van der Waals surface area contributed by atoms with Crippen molar-refractivity contribution >= 4 is 27.3 Å². The number of fused-ring (bicyclic) bond motifs is 5. The fourth-order valence-electron chi connectivity index (χ4n) is 8.35. The minimum atomic E-state index is 0.903. The molecule has 5 aromatic rings. The van der Waals surface area contributed by atoms with Gasteiger partial charge in [0.15, 0.2) is 0 Å². The van der Waals surface area contributed by atoms with Crippen molar-refractivity contribution in [2.75, 3.05) is 23.9 Å². The Kier molecular flexibility index (Phi) is 17.1. The zero-order valence-corrected chi connectivity index (χ0v) is 34.2. The number of alkyl halides is 1. The van der Waals surface area contributed by atoms with E-state index in [0.29, 0.717) is 0 Å². The number of benzene rings is 5. The van der Waals surface area contributed by atoms with Gasteiger partial charge < -0.3 is 11.1 Å². The molecule has 0 heterocycles. The number of anilines is 2. The number of nitrogen functional groups attached to an aromatic ring is 1. The summed E-state index contributed by atoms with van der Waals surface area (Å²) < 4.78 is 0. The highest BCUT2D eigenvalue weighted by atomic mass is 79.9. The maximum absolute atomic E-state index is 5.63. The summed E-state index contributed by atoms with van der Waals surface area (Å²) in [6, 6.07) is 39.3. The standard InChI is InChI=1S/C10H13N.3C10H12.C9H11N.CH3Br/c1-11-10-6-5-8-3-2-4-9(8)7-10;3*1-2-6-10-8-4-3-7-9(10)5-1;10-9-5-4-7-2-1-3-8(7)6-9;1-2/h5-7,11H,2-4H2,1H3;3*1-2,5-6H,3-4,7-8H2;4-6H,1-3,10H2;1H3. The third-order valence-electron chi connectivity index (χ3n) is 11.3. The van der Waals surface area contributed by atoms with Crippen LogP contribution in [0.3, 0.4) is 0 Å². The van der Waals surface area contributed by atoms with E-state index in [0.717, 1.165) is 5.69 Å². The Hall–Kier alpha value is -3.82. The SMILES string of the molecule is CBr.CNc1ccc2c(c1)CCC2.Nc1ccc2c(c1)CCC2.c1ccc2c(c1)CCCC2.c1ccc2c(c1)CCCC2.c1ccc2c(c1)CCCC2. The molecule has 5 aromatic carbocycles. The van der Waals surface area contributed by atoms with Gasteiger partial charge in [0.05, 0.1) is 0 Å². The molecule has 0 saturated carbocycles. The van der Waals surface area contributed by atoms with Crippen molar-refractivity contribution < 1.29 is 0 Å². The summed E-state index contributed by atoms with van der Waals surface area (Å²) >= 11 is 2.94. The van der Waals surface area contributed by atoms with Crippen LogP contribution in [-0.2, 0) is 64.2 Å². The molecule has 0 radical (unpaired) electrons. The molecular weight excluding hydrogens is 708 g/mol. The third kappa shape index (κ3) is 12.6. The lowest BCUT2D eigenvalue weighted by atomic mass is 9.92. The fourth-order valence-corrected chi connectivity index (χ4v) is 8.35. The molecule has 0 aliphatic heterocycles. The molecule has 10 rings (SSSR count). The first-order valence-corrected chi connectivity index (χ1v) is 22.0. The van der Waals surface area contributed by atoms with Crippen LogP contribution in [0.2, 0.25) is 0 Å². The van der Waals surface area contributed by atoms with Crippen LogP contribution in [0, 0.1) is 0 Å². The van der Waals surface area contributed by atoms with E-state index < -0.39 is 0 Å². The average molecular weight is 772 g/mol. The minimum Gasteiger partial charge on any atom is -0.399 e. The summed E-state index contributed by atoms with van der Waals surface area (Å²) in [6.07, 6.45) is 23.8. The van der Waals surface area contributed by atoms with E-state index in [4.69, 9.17) is 5.73 Å². The molecule has 2 nitrogen and oxygen atoms in total. The van der Waals surface area contributed by atoms with Gasteiger partial charge in [0.1, 0.15) is 0 Å². The normalized spacial score (nSPS) is 15.3. The molecule has 0 amide bonds. The Balaban J connectivity index is 0.000000126. The van der Waals surface area contributed by atoms with Crippen LogP contribution in [0.5, 0.6) is 0 Å². The molecule has 3 heteroatoms. The topological polar surface area (TPSA) is 38.0 Å². The van der Waals surface area contributed by atoms with Gasteiger partial charge in [0.25, 0.3) is 0 Å². The highest BCUT2D eigenvalue weighted by Gasteiger charge is 2.11. The Morgan fingerprint density at radius 2 is 0.642 bits per heavy atom. The quantitative estimate of drug-likeness (QED) is 0.132. The second-order valence-corrected chi connectivity index (χ2v) is 14.9. The van der Waals surface area contributed by atoms with Crippen molar-refractivity contribution in [3.05, 3.63) is 165 Å². The number of aryl methyl sites for hydroxylation is 10. The first-order valence-electron chi connectivity index (χ1n) is 20.4. The zero-order chi connectivity index (χ0) is 37.1. The lowest BCUT2D eigenvalue weighted by Crippen LogP contribution is -2.00. The maximum Gasteiger partial charge on any atom is 0.0340 e. The van der Waals surface area contributed by atoms with E-state index in [1.54, 1.807) is 38.9 Å². The molecule has 280 valence electrons. The van der Waals surface area contributed by atoms with Crippen molar-refractivity contribution in [3.63, 3.8) is 0 Å². The summed E-state index contributed by atoms with van der Waals surface area (Å²) in [5, 5.41) is 3.16. The van der Waals surface area contributed by atoms with Gasteiger partial charge in [0.2, 0.25) is 0 Å². The molecule has 0 fully saturated rings. The van der Waals surface area contributed by atoms with Gasteiger partial charge in [-0.1, -0.05) is 101 Å². The van der Waals surface area contributed by atoms with Gasteiger partial charge >= 0.3 is 0 Å². The molecule has 53 heavy (non-hydrogen) atoms. The molecule has 0 bridgehead atoms. The first-order chi connectivity index (χ1) is 26.2. The van der Waals surface area contributed by atoms with E-state index in [1.165, 1.54) is 138 Å². The van der Waals surface area contributed by atoms with Crippen LogP contribution in [0.15, 0.2) is 109 Å². The van der Waals surface area contributed by atoms with Gasteiger partial charge in [-0.25, -0.2) is 0 Å². The summed E-state index contributed by atoms with van der Waals surface area (Å²) in [5.74, 6) is 1.81. The number of nitrogens with two attached hydrogens (primary N) is 1. The molecule has 5 aliphatic carbocycles. The van der Waals surface area contributed by atoms with Crippen molar-refractivity contribution in [1.82, 2.24) is 0 Å². The van der Waals surface area contributed by atoms with Crippen LogP contribution >= 0.6 is 15.9 Å². The van der Waals surface area contributed by atoms with E-state index in [9.17, 15) is 0 Å². The summed E-state index contributed by atoms with van der Waals surface area (Å²) in [6.45, 7) is 0. The fraction of sp³-hybridized carbons (Fsp3) is 0.400. The average Bonchev–Trinajstić information content (AvgIpc) is 3.92. The van der Waals surface area contributed by atoms with E-state index in [-0.39, 0.29) is 0 Å². The second-order valence-electron chi connectivity index (χ2n) is 14.9. The number of halogens is 1. The molecule has 3 N–H and O–H groups in total. The largest absolute Gasteiger partial charge is 0.399 e. The Bertz CT molecular complexity index is 1630. The first kappa shape index (κ1) is 40.4. The van der Waals surface area contributed by atoms with E-state index >= 15 is 0 Å². The van der Waals surface area contributed by atoms with Crippen LogP contribution in [0.4, 0.5) is 11.4 Å². The van der Waals surface area contributed by atoms with Gasteiger partial charge in [-0.3, -0.25) is 0 Å². The number of nitrogens with one attached hydrogen (secondary N) is 1. The highest BCUT2D eigenvalue weighted by Crippen LogP contribution is 2.25. The molecule has 0 spiro atoms. The molecule has 0 atom stereocenters. The predicted molar refractivity (Wildman–Crippen MR) is 235 cm³/mol. The van der Waals surface area contributed by atoms with Gasteiger partial charge in [-0.2, -0.15) is 0 Å².